The number of ether oxygens (including phenoxy) is 1. The van der Waals surface area contributed by atoms with Crippen LogP contribution in [-0.4, -0.2) is 29.5 Å². The number of nitrogens with zero attached hydrogens (tertiary/aromatic N) is 1. The van der Waals surface area contributed by atoms with Gasteiger partial charge in [0.05, 0.1) is 11.1 Å². The van der Waals surface area contributed by atoms with E-state index < -0.39 is 5.97 Å². The van der Waals surface area contributed by atoms with Gasteiger partial charge in [-0.1, -0.05) is 71.1 Å². The number of aryl methyl sites for hydroxylation is 1. The highest BCUT2D eigenvalue weighted by molar-refractivity contribution is 6.05. The van der Waals surface area contributed by atoms with Crippen molar-refractivity contribution in [2.45, 2.75) is 91.0 Å². The average molecular weight is 451 g/mol. The zero-order valence-corrected chi connectivity index (χ0v) is 20.4. The number of hydrogen-bond acceptors (Lipinski definition) is 4. The maximum absolute atomic E-state index is 13.4. The molecule has 2 aliphatic rings. The van der Waals surface area contributed by atoms with Crippen LogP contribution in [0.3, 0.4) is 0 Å². The van der Waals surface area contributed by atoms with E-state index in [1.807, 2.05) is 24.3 Å². The van der Waals surface area contributed by atoms with E-state index >= 15 is 0 Å². The highest BCUT2D eigenvalue weighted by Crippen LogP contribution is 2.39. The Hall–Kier alpha value is -2.43. The van der Waals surface area contributed by atoms with Crippen LogP contribution in [0.5, 0.6) is 0 Å². The lowest BCUT2D eigenvalue weighted by atomic mass is 9.70. The Bertz CT molecular complexity index is 1000. The zero-order chi connectivity index (χ0) is 23.4. The lowest BCUT2D eigenvalue weighted by Gasteiger charge is -2.35. The Morgan fingerprint density at radius 1 is 1.03 bits per heavy atom. The number of fused-ring (bicyclic) bond motifs is 2. The fraction of sp³-hybridized carbons (Fsp3) is 0.607. The van der Waals surface area contributed by atoms with Gasteiger partial charge >= 0.3 is 5.97 Å². The van der Waals surface area contributed by atoms with E-state index in [9.17, 15) is 9.59 Å². The van der Waals surface area contributed by atoms with Crippen molar-refractivity contribution in [1.82, 2.24) is 10.3 Å². The summed E-state index contributed by atoms with van der Waals surface area (Å²) in [5, 5.41) is 3.91. The van der Waals surface area contributed by atoms with E-state index in [0.29, 0.717) is 11.5 Å². The summed E-state index contributed by atoms with van der Waals surface area (Å²) in [7, 11) is 0. The van der Waals surface area contributed by atoms with Crippen molar-refractivity contribution < 1.29 is 14.3 Å². The van der Waals surface area contributed by atoms with Crippen molar-refractivity contribution in [1.29, 1.82) is 0 Å². The number of pyridine rings is 1. The number of para-hydroxylation sites is 1. The Morgan fingerprint density at radius 3 is 2.45 bits per heavy atom. The largest absolute Gasteiger partial charge is 0.452 e. The molecule has 1 heterocycles. The summed E-state index contributed by atoms with van der Waals surface area (Å²) in [5.74, 6) is -0.136. The number of nitrogens with one attached hydrogen (secondary N) is 1. The number of amides is 1. The second-order valence-electron chi connectivity index (χ2n) is 10.9. The van der Waals surface area contributed by atoms with Crippen LogP contribution in [-0.2, 0) is 22.4 Å². The third-order valence-corrected chi connectivity index (χ3v) is 7.49. The average Bonchev–Trinajstić information content (AvgIpc) is 2.76. The second kappa shape index (κ2) is 10.2. The van der Waals surface area contributed by atoms with E-state index in [0.717, 1.165) is 67.1 Å². The van der Waals surface area contributed by atoms with Gasteiger partial charge in [-0.3, -0.25) is 9.78 Å². The number of esters is 1. The van der Waals surface area contributed by atoms with Gasteiger partial charge in [0.25, 0.3) is 5.91 Å². The molecule has 1 saturated carbocycles. The Labute approximate surface area is 197 Å². The molecule has 2 aromatic rings. The van der Waals surface area contributed by atoms with E-state index in [-0.39, 0.29) is 24.0 Å². The Morgan fingerprint density at radius 2 is 1.73 bits per heavy atom. The first-order valence-electron chi connectivity index (χ1n) is 12.7. The van der Waals surface area contributed by atoms with Gasteiger partial charge in [0.2, 0.25) is 0 Å². The fourth-order valence-corrected chi connectivity index (χ4v) is 5.43. The SMILES string of the molecule is CC(C)(C)C1CCc2nc3ccccc3c(C(=O)OCC(=O)NC3CCCCCCC3)c2C1. The first kappa shape index (κ1) is 23.7. The van der Waals surface area contributed by atoms with E-state index in [2.05, 4.69) is 26.1 Å². The predicted octanol–water partition coefficient (Wildman–Crippen LogP) is 5.77. The topological polar surface area (TPSA) is 68.3 Å². The molecule has 4 rings (SSSR count). The Kier molecular flexibility index (Phi) is 7.35. The number of benzene rings is 1. The second-order valence-corrected chi connectivity index (χ2v) is 10.9. The molecule has 0 aliphatic heterocycles. The molecular weight excluding hydrogens is 412 g/mol. The first-order valence-corrected chi connectivity index (χ1v) is 12.7. The molecule has 33 heavy (non-hydrogen) atoms. The minimum Gasteiger partial charge on any atom is -0.452 e. The molecule has 5 heteroatoms. The van der Waals surface area contributed by atoms with Crippen LogP contribution in [0.25, 0.3) is 10.9 Å². The zero-order valence-electron chi connectivity index (χ0n) is 20.4. The molecule has 1 aromatic carbocycles. The van der Waals surface area contributed by atoms with Crippen molar-refractivity contribution in [3.8, 4) is 0 Å². The van der Waals surface area contributed by atoms with Crippen LogP contribution >= 0.6 is 0 Å². The number of carbonyl (C=O) groups is 2. The summed E-state index contributed by atoms with van der Waals surface area (Å²) in [6.45, 7) is 6.54. The standard InChI is InChI=1S/C28H38N2O3/c1-28(2,3)19-15-16-24-22(17-19)26(21-13-9-10-14-23(21)30-24)27(32)33-18-25(31)29-20-11-7-5-4-6-8-12-20/h9-10,13-14,19-20H,4-8,11-12,15-18H2,1-3H3,(H,29,31). The lowest BCUT2D eigenvalue weighted by Crippen LogP contribution is -2.38. The van der Waals surface area contributed by atoms with Crippen molar-refractivity contribution in [2.75, 3.05) is 6.61 Å². The van der Waals surface area contributed by atoms with Crippen LogP contribution in [0.15, 0.2) is 24.3 Å². The van der Waals surface area contributed by atoms with E-state index in [1.165, 1.54) is 19.3 Å². The number of rotatable bonds is 4. The third kappa shape index (κ3) is 5.74. The van der Waals surface area contributed by atoms with Crippen LogP contribution in [0, 0.1) is 11.3 Å². The summed E-state index contributed by atoms with van der Waals surface area (Å²) < 4.78 is 5.60. The molecule has 1 aromatic heterocycles. The van der Waals surface area contributed by atoms with Crippen molar-refractivity contribution >= 4 is 22.8 Å². The van der Waals surface area contributed by atoms with Gasteiger partial charge in [-0.2, -0.15) is 0 Å². The molecule has 1 N–H and O–H groups in total. The van der Waals surface area contributed by atoms with Gasteiger partial charge in [0, 0.05) is 17.1 Å². The van der Waals surface area contributed by atoms with Gasteiger partial charge in [-0.05, 0) is 55.1 Å². The molecule has 178 valence electrons. The molecule has 0 saturated heterocycles. The van der Waals surface area contributed by atoms with Crippen molar-refractivity contribution in [3.63, 3.8) is 0 Å². The number of aromatic nitrogens is 1. The van der Waals surface area contributed by atoms with Crippen molar-refractivity contribution in [3.05, 3.63) is 41.1 Å². The molecule has 1 fully saturated rings. The Balaban J connectivity index is 1.52. The number of carbonyl (C=O) groups excluding carboxylic acids is 2. The summed E-state index contributed by atoms with van der Waals surface area (Å²) in [5.41, 5.74) is 3.58. The summed E-state index contributed by atoms with van der Waals surface area (Å²) in [4.78, 5) is 30.8. The van der Waals surface area contributed by atoms with Gasteiger partial charge in [0.1, 0.15) is 0 Å². The molecule has 1 unspecified atom stereocenters. The van der Waals surface area contributed by atoms with Gasteiger partial charge in [-0.15, -0.1) is 0 Å². The first-order chi connectivity index (χ1) is 15.8. The summed E-state index contributed by atoms with van der Waals surface area (Å²) >= 11 is 0. The van der Waals surface area contributed by atoms with Crippen LogP contribution in [0.1, 0.15) is 93.8 Å². The smallest absolute Gasteiger partial charge is 0.339 e. The minimum atomic E-state index is -0.410. The van der Waals surface area contributed by atoms with Crippen molar-refractivity contribution in [2.24, 2.45) is 11.3 Å². The molecule has 0 spiro atoms. The molecule has 2 aliphatic carbocycles. The molecular formula is C28H38N2O3. The highest BCUT2D eigenvalue weighted by atomic mass is 16.5. The highest BCUT2D eigenvalue weighted by Gasteiger charge is 2.33. The number of hydrogen-bond donors (Lipinski definition) is 1. The van der Waals surface area contributed by atoms with Crippen LogP contribution in [0.4, 0.5) is 0 Å². The third-order valence-electron chi connectivity index (χ3n) is 7.49. The quantitative estimate of drug-likeness (QED) is 0.600. The predicted molar refractivity (Wildman–Crippen MR) is 131 cm³/mol. The fourth-order valence-electron chi connectivity index (χ4n) is 5.43. The maximum atomic E-state index is 13.4. The molecule has 1 amide bonds. The molecule has 0 bridgehead atoms. The summed E-state index contributed by atoms with van der Waals surface area (Å²) in [6, 6.07) is 7.95. The van der Waals surface area contributed by atoms with E-state index in [1.54, 1.807) is 0 Å². The molecule has 1 atom stereocenters. The van der Waals surface area contributed by atoms with Gasteiger partial charge in [-0.25, -0.2) is 4.79 Å². The van der Waals surface area contributed by atoms with Crippen LogP contribution < -0.4 is 5.32 Å². The molecule has 0 radical (unpaired) electrons. The van der Waals surface area contributed by atoms with Gasteiger partial charge in [0.15, 0.2) is 6.61 Å². The maximum Gasteiger partial charge on any atom is 0.339 e. The van der Waals surface area contributed by atoms with E-state index in [4.69, 9.17) is 9.72 Å². The monoisotopic (exact) mass is 450 g/mol. The normalized spacial score (nSPS) is 19.9. The summed E-state index contributed by atoms with van der Waals surface area (Å²) in [6.07, 6.45) is 10.8. The minimum absolute atomic E-state index is 0.155. The van der Waals surface area contributed by atoms with Crippen LogP contribution in [0.2, 0.25) is 0 Å². The molecule has 5 nitrogen and oxygen atoms in total. The van der Waals surface area contributed by atoms with Gasteiger partial charge < -0.3 is 10.1 Å². The lowest BCUT2D eigenvalue weighted by molar-refractivity contribution is -0.125.